The first kappa shape index (κ1) is 18.1. The third-order valence-electron chi connectivity index (χ3n) is 5.85. The topological polar surface area (TPSA) is 44.4 Å². The van der Waals surface area contributed by atoms with E-state index in [4.69, 9.17) is 0 Å². The highest BCUT2D eigenvalue weighted by atomic mass is 16.2. The first-order valence-electron chi connectivity index (χ1n) is 10.2. The fourth-order valence-electron chi connectivity index (χ4n) is 4.75. The largest absolute Gasteiger partial charge is 0.338 e. The van der Waals surface area contributed by atoms with E-state index in [0.717, 1.165) is 25.9 Å². The van der Waals surface area contributed by atoms with Crippen molar-refractivity contribution in [3.05, 3.63) is 58.7 Å². The molecule has 4 nitrogen and oxygen atoms in total. The Bertz CT molecular complexity index is 846. The standard InChI is InChI=1S/C23H29N3O/c1-3-12-26-13-11-16-7-6-10-19-21-17(14-20(26)22(16)19)8-5-9-18(21)15-25-23(27)24-4-2/h5-10,20H,3-4,11-15H2,1-2H3,(H2,24,25,27). The third-order valence-corrected chi connectivity index (χ3v) is 5.85. The summed E-state index contributed by atoms with van der Waals surface area (Å²) in [6.45, 7) is 7.71. The van der Waals surface area contributed by atoms with Gasteiger partial charge in [0.15, 0.2) is 0 Å². The summed E-state index contributed by atoms with van der Waals surface area (Å²) in [5, 5.41) is 5.82. The first-order valence-corrected chi connectivity index (χ1v) is 10.2. The summed E-state index contributed by atoms with van der Waals surface area (Å²) < 4.78 is 0. The van der Waals surface area contributed by atoms with E-state index in [-0.39, 0.29) is 6.03 Å². The number of amides is 2. The van der Waals surface area contributed by atoms with Crippen LogP contribution < -0.4 is 10.6 Å². The van der Waals surface area contributed by atoms with E-state index in [9.17, 15) is 4.79 Å². The van der Waals surface area contributed by atoms with Gasteiger partial charge < -0.3 is 10.6 Å². The van der Waals surface area contributed by atoms with Crippen molar-refractivity contribution in [1.82, 2.24) is 15.5 Å². The molecule has 1 unspecified atom stereocenters. The summed E-state index contributed by atoms with van der Waals surface area (Å²) in [5.41, 5.74) is 8.34. The van der Waals surface area contributed by atoms with E-state index in [1.165, 1.54) is 39.8 Å². The fraction of sp³-hybridized carbons (Fsp3) is 0.435. The summed E-state index contributed by atoms with van der Waals surface area (Å²) in [6.07, 6.45) is 3.39. The Morgan fingerprint density at radius 2 is 1.93 bits per heavy atom. The number of fused-ring (bicyclic) bond motifs is 2. The number of carbonyl (C=O) groups excluding carboxylic acids is 1. The van der Waals surface area contributed by atoms with Crippen LogP contribution in [0.3, 0.4) is 0 Å². The van der Waals surface area contributed by atoms with Crippen LogP contribution in [0.1, 0.15) is 48.6 Å². The number of hydrogen-bond acceptors (Lipinski definition) is 2. The third kappa shape index (κ3) is 3.34. The smallest absolute Gasteiger partial charge is 0.315 e. The molecule has 4 rings (SSSR count). The zero-order chi connectivity index (χ0) is 18.8. The highest BCUT2D eigenvalue weighted by molar-refractivity contribution is 5.79. The zero-order valence-electron chi connectivity index (χ0n) is 16.3. The van der Waals surface area contributed by atoms with Crippen molar-refractivity contribution in [1.29, 1.82) is 0 Å². The van der Waals surface area contributed by atoms with Gasteiger partial charge in [0.05, 0.1) is 0 Å². The van der Waals surface area contributed by atoms with Crippen LogP contribution in [0.2, 0.25) is 0 Å². The summed E-state index contributed by atoms with van der Waals surface area (Å²) in [7, 11) is 0. The van der Waals surface area contributed by atoms with Gasteiger partial charge in [-0.3, -0.25) is 4.90 Å². The quantitative estimate of drug-likeness (QED) is 0.842. The van der Waals surface area contributed by atoms with Gasteiger partial charge in [0.25, 0.3) is 0 Å². The van der Waals surface area contributed by atoms with E-state index in [0.29, 0.717) is 19.1 Å². The van der Waals surface area contributed by atoms with Gasteiger partial charge >= 0.3 is 6.03 Å². The maximum absolute atomic E-state index is 11.9. The lowest BCUT2D eigenvalue weighted by molar-refractivity contribution is 0.183. The highest BCUT2D eigenvalue weighted by Crippen LogP contribution is 2.46. The SMILES string of the molecule is CCCN1CCc2cccc3c2C1Cc1cccc(CNC(=O)NCC)c1-3. The molecular weight excluding hydrogens is 334 g/mol. The van der Waals surface area contributed by atoms with Crippen molar-refractivity contribution in [3.63, 3.8) is 0 Å². The molecule has 2 aromatic rings. The van der Waals surface area contributed by atoms with Crippen molar-refractivity contribution in [2.24, 2.45) is 0 Å². The molecule has 0 saturated heterocycles. The van der Waals surface area contributed by atoms with E-state index in [1.807, 2.05) is 6.92 Å². The van der Waals surface area contributed by atoms with Crippen molar-refractivity contribution in [3.8, 4) is 11.1 Å². The Balaban J connectivity index is 1.73. The van der Waals surface area contributed by atoms with Crippen LogP contribution in [0.4, 0.5) is 4.79 Å². The number of rotatable bonds is 5. The van der Waals surface area contributed by atoms with Crippen LogP contribution in [0.15, 0.2) is 36.4 Å². The minimum atomic E-state index is -0.104. The average Bonchev–Trinajstić information content (AvgIpc) is 2.68. The van der Waals surface area contributed by atoms with E-state index in [1.54, 1.807) is 0 Å². The molecule has 1 aliphatic heterocycles. The van der Waals surface area contributed by atoms with Gasteiger partial charge in [0.1, 0.15) is 0 Å². The molecule has 1 atom stereocenters. The molecule has 0 radical (unpaired) electrons. The van der Waals surface area contributed by atoms with Gasteiger partial charge in [-0.1, -0.05) is 43.3 Å². The number of nitrogens with one attached hydrogen (secondary N) is 2. The zero-order valence-corrected chi connectivity index (χ0v) is 16.3. The van der Waals surface area contributed by atoms with E-state index in [2.05, 4.69) is 58.9 Å². The minimum absolute atomic E-state index is 0.104. The van der Waals surface area contributed by atoms with Crippen LogP contribution >= 0.6 is 0 Å². The van der Waals surface area contributed by atoms with Crippen molar-refractivity contribution in [2.75, 3.05) is 19.6 Å². The number of nitrogens with zero attached hydrogens (tertiary/aromatic N) is 1. The van der Waals surface area contributed by atoms with Gasteiger partial charge in [0, 0.05) is 25.7 Å². The Labute approximate surface area is 162 Å². The van der Waals surface area contributed by atoms with Crippen LogP contribution in [0, 0.1) is 0 Å². The Morgan fingerprint density at radius 3 is 2.74 bits per heavy atom. The lowest BCUT2D eigenvalue weighted by Gasteiger charge is -2.42. The molecule has 2 aromatic carbocycles. The number of benzene rings is 2. The van der Waals surface area contributed by atoms with Crippen molar-refractivity contribution in [2.45, 2.75) is 45.7 Å². The lowest BCUT2D eigenvalue weighted by Crippen LogP contribution is -2.39. The highest BCUT2D eigenvalue weighted by Gasteiger charge is 2.34. The average molecular weight is 364 g/mol. The molecule has 0 aromatic heterocycles. The summed E-state index contributed by atoms with van der Waals surface area (Å²) in [5.74, 6) is 0. The summed E-state index contributed by atoms with van der Waals surface area (Å²) in [4.78, 5) is 14.5. The van der Waals surface area contributed by atoms with Gasteiger partial charge in [-0.15, -0.1) is 0 Å². The molecular formula is C23H29N3O. The molecule has 0 fully saturated rings. The van der Waals surface area contributed by atoms with Crippen molar-refractivity contribution >= 4 is 6.03 Å². The maximum atomic E-state index is 11.9. The second-order valence-electron chi connectivity index (χ2n) is 7.55. The van der Waals surface area contributed by atoms with Gasteiger partial charge in [-0.2, -0.15) is 0 Å². The van der Waals surface area contributed by atoms with Crippen LogP contribution in [-0.2, 0) is 19.4 Å². The summed E-state index contributed by atoms with van der Waals surface area (Å²) in [6, 6.07) is 13.7. The second kappa shape index (κ2) is 7.73. The monoisotopic (exact) mass is 363 g/mol. The first-order chi connectivity index (χ1) is 13.2. The minimum Gasteiger partial charge on any atom is -0.338 e. The Morgan fingerprint density at radius 1 is 1.11 bits per heavy atom. The van der Waals surface area contributed by atoms with Gasteiger partial charge in [0.2, 0.25) is 0 Å². The molecule has 0 bridgehead atoms. The van der Waals surface area contributed by atoms with Crippen LogP contribution in [0.5, 0.6) is 0 Å². The Kier molecular flexibility index (Phi) is 5.17. The number of urea groups is 1. The lowest BCUT2D eigenvalue weighted by atomic mass is 9.75. The van der Waals surface area contributed by atoms with Crippen molar-refractivity contribution < 1.29 is 4.79 Å². The number of hydrogen-bond donors (Lipinski definition) is 2. The molecule has 1 heterocycles. The predicted octanol–water partition coefficient (Wildman–Crippen LogP) is 4.04. The molecule has 2 aliphatic rings. The number of carbonyl (C=O) groups is 1. The van der Waals surface area contributed by atoms with Gasteiger partial charge in [-0.05, 0) is 66.1 Å². The van der Waals surface area contributed by atoms with E-state index < -0.39 is 0 Å². The fourth-order valence-corrected chi connectivity index (χ4v) is 4.75. The predicted molar refractivity (Wildman–Crippen MR) is 110 cm³/mol. The van der Waals surface area contributed by atoms with Gasteiger partial charge in [-0.25, -0.2) is 4.79 Å². The van der Waals surface area contributed by atoms with Crippen LogP contribution in [-0.4, -0.2) is 30.6 Å². The van der Waals surface area contributed by atoms with E-state index >= 15 is 0 Å². The normalized spacial score (nSPS) is 17.8. The summed E-state index contributed by atoms with van der Waals surface area (Å²) >= 11 is 0. The molecule has 0 spiro atoms. The second-order valence-corrected chi connectivity index (χ2v) is 7.55. The molecule has 27 heavy (non-hydrogen) atoms. The molecule has 1 aliphatic carbocycles. The molecule has 0 saturated carbocycles. The molecule has 142 valence electrons. The maximum Gasteiger partial charge on any atom is 0.315 e. The van der Waals surface area contributed by atoms with Crippen LogP contribution in [0.25, 0.3) is 11.1 Å². The molecule has 2 N–H and O–H groups in total. The Hall–Kier alpha value is -2.33. The molecule has 4 heteroatoms. The molecule has 2 amide bonds.